The lowest BCUT2D eigenvalue weighted by molar-refractivity contribution is -0.144. The molecule has 6 heteroatoms. The van der Waals surface area contributed by atoms with E-state index in [1.54, 1.807) is 24.3 Å². The number of carbonyl (C=O) groups is 2. The molecule has 6 nitrogen and oxygen atoms in total. The van der Waals surface area contributed by atoms with Crippen molar-refractivity contribution in [3.63, 3.8) is 0 Å². The first-order valence-electron chi connectivity index (χ1n) is 11.7. The molecule has 1 aliphatic rings. The van der Waals surface area contributed by atoms with Gasteiger partial charge < -0.3 is 19.9 Å². The van der Waals surface area contributed by atoms with Crippen LogP contribution >= 0.6 is 0 Å². The smallest absolute Gasteiger partial charge is 0.408 e. The molecular weight excluding hydrogens is 454 g/mol. The van der Waals surface area contributed by atoms with Gasteiger partial charge in [0.25, 0.3) is 0 Å². The van der Waals surface area contributed by atoms with Crippen LogP contribution in [0.15, 0.2) is 103 Å². The number of carbonyl (C=O) groups excluding carboxylic acids is 1. The molecule has 2 N–H and O–H groups in total. The zero-order valence-corrected chi connectivity index (χ0v) is 19.7. The van der Waals surface area contributed by atoms with Crippen LogP contribution in [0.4, 0.5) is 4.79 Å². The van der Waals surface area contributed by atoms with Gasteiger partial charge in [0.15, 0.2) is 5.54 Å². The Morgan fingerprint density at radius 2 is 1.31 bits per heavy atom. The van der Waals surface area contributed by atoms with Crippen LogP contribution in [0.5, 0.6) is 11.5 Å². The number of hydrogen-bond donors (Lipinski definition) is 2. The fourth-order valence-corrected chi connectivity index (χ4v) is 4.57. The highest BCUT2D eigenvalue weighted by atomic mass is 16.5. The second-order valence-corrected chi connectivity index (χ2v) is 8.82. The summed E-state index contributed by atoms with van der Waals surface area (Å²) in [6.07, 6.45) is -0.800. The molecule has 0 saturated heterocycles. The van der Waals surface area contributed by atoms with E-state index in [-0.39, 0.29) is 12.5 Å². The van der Waals surface area contributed by atoms with Gasteiger partial charge in [-0.3, -0.25) is 0 Å². The normalized spacial score (nSPS) is 13.7. The molecule has 36 heavy (non-hydrogen) atoms. The molecule has 1 aliphatic carbocycles. The van der Waals surface area contributed by atoms with Crippen LogP contribution in [0.2, 0.25) is 0 Å². The SMILES string of the molecule is CC(NC(=O)OCC1c2ccccc2-c2ccccc21)(C(=O)O)c1ccc(Oc2ccccc2)cc1. The second-order valence-electron chi connectivity index (χ2n) is 8.82. The number of carboxylic acid groups (broad SMARTS) is 1. The summed E-state index contributed by atoms with van der Waals surface area (Å²) in [5.41, 5.74) is 3.12. The summed E-state index contributed by atoms with van der Waals surface area (Å²) in [6.45, 7) is 1.53. The van der Waals surface area contributed by atoms with Gasteiger partial charge in [-0.2, -0.15) is 0 Å². The lowest BCUT2D eigenvalue weighted by atomic mass is 9.92. The third kappa shape index (κ3) is 4.41. The minimum atomic E-state index is -1.69. The molecule has 180 valence electrons. The first kappa shape index (κ1) is 23.2. The number of benzene rings is 4. The van der Waals surface area contributed by atoms with E-state index in [1.165, 1.54) is 6.92 Å². The summed E-state index contributed by atoms with van der Waals surface area (Å²) < 4.78 is 11.4. The standard InChI is InChI=1S/C30H25NO5/c1-30(28(32)33,20-15-17-22(18-16-20)36-21-9-3-2-4-10-21)31-29(34)35-19-27-25-13-7-5-11-23(25)24-12-6-8-14-26(24)27/h2-18,27H,19H2,1H3,(H,31,34)(H,32,33). The van der Waals surface area contributed by atoms with Crippen molar-refractivity contribution in [3.8, 4) is 22.6 Å². The van der Waals surface area contributed by atoms with Gasteiger partial charge in [-0.05, 0) is 59.0 Å². The Kier molecular flexibility index (Phi) is 6.17. The molecule has 0 radical (unpaired) electrons. The first-order chi connectivity index (χ1) is 17.5. The lowest BCUT2D eigenvalue weighted by Gasteiger charge is -2.27. The summed E-state index contributed by atoms with van der Waals surface area (Å²) in [5, 5.41) is 12.5. The summed E-state index contributed by atoms with van der Waals surface area (Å²) in [7, 11) is 0. The Labute approximate surface area is 209 Å². The molecule has 0 spiro atoms. The predicted octanol–water partition coefficient (Wildman–Crippen LogP) is 6.32. The van der Waals surface area contributed by atoms with Gasteiger partial charge >= 0.3 is 12.1 Å². The molecule has 4 aromatic rings. The maximum Gasteiger partial charge on any atom is 0.408 e. The Balaban J connectivity index is 1.29. The highest BCUT2D eigenvalue weighted by Crippen LogP contribution is 2.44. The van der Waals surface area contributed by atoms with E-state index in [2.05, 4.69) is 17.4 Å². The molecule has 1 amide bonds. The maximum atomic E-state index is 12.8. The van der Waals surface area contributed by atoms with Crippen LogP contribution in [0, 0.1) is 0 Å². The number of aliphatic carboxylic acids is 1. The van der Waals surface area contributed by atoms with E-state index < -0.39 is 17.6 Å². The number of fused-ring (bicyclic) bond motifs is 3. The highest BCUT2D eigenvalue weighted by molar-refractivity contribution is 5.85. The highest BCUT2D eigenvalue weighted by Gasteiger charge is 2.38. The maximum absolute atomic E-state index is 12.8. The number of ether oxygens (including phenoxy) is 2. The molecule has 0 heterocycles. The first-order valence-corrected chi connectivity index (χ1v) is 11.7. The van der Waals surface area contributed by atoms with Crippen molar-refractivity contribution in [2.45, 2.75) is 18.4 Å². The van der Waals surface area contributed by atoms with E-state index >= 15 is 0 Å². The van der Waals surface area contributed by atoms with Crippen molar-refractivity contribution in [1.29, 1.82) is 0 Å². The number of hydrogen-bond acceptors (Lipinski definition) is 4. The lowest BCUT2D eigenvalue weighted by Crippen LogP contribution is -2.49. The Bertz CT molecular complexity index is 1360. The monoisotopic (exact) mass is 479 g/mol. The number of nitrogens with one attached hydrogen (secondary N) is 1. The second kappa shape index (κ2) is 9.58. The fraction of sp³-hybridized carbons (Fsp3) is 0.133. The van der Waals surface area contributed by atoms with Crippen molar-refractivity contribution in [2.24, 2.45) is 0 Å². The van der Waals surface area contributed by atoms with Crippen LogP contribution in [0.25, 0.3) is 11.1 Å². The molecule has 5 rings (SSSR count). The fourth-order valence-electron chi connectivity index (χ4n) is 4.57. The van der Waals surface area contributed by atoms with Crippen molar-refractivity contribution in [1.82, 2.24) is 5.32 Å². The number of amides is 1. The topological polar surface area (TPSA) is 84.9 Å². The van der Waals surface area contributed by atoms with Crippen molar-refractivity contribution in [2.75, 3.05) is 6.61 Å². The molecule has 0 aliphatic heterocycles. The summed E-state index contributed by atoms with van der Waals surface area (Å²) in [4.78, 5) is 25.0. The molecule has 0 fully saturated rings. The van der Waals surface area contributed by atoms with E-state index in [1.807, 2.05) is 66.7 Å². The summed E-state index contributed by atoms with van der Waals surface area (Å²) >= 11 is 0. The number of rotatable bonds is 7. The average molecular weight is 480 g/mol. The number of carboxylic acids is 1. The van der Waals surface area contributed by atoms with E-state index in [4.69, 9.17) is 9.47 Å². The van der Waals surface area contributed by atoms with Gasteiger partial charge in [0.1, 0.15) is 18.1 Å². The third-order valence-electron chi connectivity index (χ3n) is 6.53. The zero-order valence-electron chi connectivity index (χ0n) is 19.7. The molecule has 0 saturated carbocycles. The molecule has 4 aromatic carbocycles. The van der Waals surface area contributed by atoms with E-state index in [9.17, 15) is 14.7 Å². The number of alkyl carbamates (subject to hydrolysis) is 1. The molecular formula is C30H25NO5. The molecule has 0 bridgehead atoms. The minimum absolute atomic E-state index is 0.0966. The van der Waals surface area contributed by atoms with Crippen LogP contribution in [0.3, 0.4) is 0 Å². The van der Waals surface area contributed by atoms with E-state index in [0.29, 0.717) is 17.1 Å². The van der Waals surface area contributed by atoms with Crippen LogP contribution in [0.1, 0.15) is 29.5 Å². The quantitative estimate of drug-likeness (QED) is 0.324. The minimum Gasteiger partial charge on any atom is -0.479 e. The van der Waals surface area contributed by atoms with Gasteiger partial charge in [-0.15, -0.1) is 0 Å². The van der Waals surface area contributed by atoms with Gasteiger partial charge in [-0.1, -0.05) is 78.9 Å². The van der Waals surface area contributed by atoms with Crippen LogP contribution in [-0.2, 0) is 15.1 Å². The Morgan fingerprint density at radius 1 is 0.778 bits per heavy atom. The van der Waals surface area contributed by atoms with Gasteiger partial charge in [0.05, 0.1) is 0 Å². The molecule has 0 aromatic heterocycles. The summed E-state index contributed by atoms with van der Waals surface area (Å²) in [5.74, 6) is -0.0942. The predicted molar refractivity (Wildman–Crippen MR) is 136 cm³/mol. The summed E-state index contributed by atoms with van der Waals surface area (Å²) in [6, 6.07) is 31.9. The van der Waals surface area contributed by atoms with Gasteiger partial charge in [0, 0.05) is 5.92 Å². The van der Waals surface area contributed by atoms with Crippen molar-refractivity contribution in [3.05, 3.63) is 120 Å². The van der Waals surface area contributed by atoms with Crippen LogP contribution < -0.4 is 10.1 Å². The van der Waals surface area contributed by atoms with Gasteiger partial charge in [0.2, 0.25) is 0 Å². The zero-order chi connectivity index (χ0) is 25.1. The number of para-hydroxylation sites is 1. The average Bonchev–Trinajstić information content (AvgIpc) is 3.22. The van der Waals surface area contributed by atoms with E-state index in [0.717, 1.165) is 22.3 Å². The Morgan fingerprint density at radius 3 is 1.89 bits per heavy atom. The largest absolute Gasteiger partial charge is 0.479 e. The van der Waals surface area contributed by atoms with Crippen molar-refractivity contribution < 1.29 is 24.2 Å². The van der Waals surface area contributed by atoms with Gasteiger partial charge in [-0.25, -0.2) is 9.59 Å². The Hall–Kier alpha value is -4.58. The third-order valence-corrected chi connectivity index (χ3v) is 6.53. The molecule has 1 unspecified atom stereocenters. The van der Waals surface area contributed by atoms with Crippen molar-refractivity contribution >= 4 is 12.1 Å². The molecule has 1 atom stereocenters. The van der Waals surface area contributed by atoms with Crippen LogP contribution in [-0.4, -0.2) is 23.8 Å².